The van der Waals surface area contributed by atoms with E-state index in [9.17, 15) is 14.9 Å². The van der Waals surface area contributed by atoms with Crippen LogP contribution in [0, 0.1) is 10.1 Å². The van der Waals surface area contributed by atoms with Crippen molar-refractivity contribution in [2.24, 2.45) is 15.9 Å². The van der Waals surface area contributed by atoms with Crippen LogP contribution in [0.5, 0.6) is 0 Å². The van der Waals surface area contributed by atoms with E-state index in [1.807, 2.05) is 30.3 Å². The average Bonchev–Trinajstić information content (AvgIpc) is 2.66. The number of esters is 1. The van der Waals surface area contributed by atoms with Gasteiger partial charge in [-0.2, -0.15) is 5.10 Å². The lowest BCUT2D eigenvalue weighted by Crippen LogP contribution is -2.09. The van der Waals surface area contributed by atoms with Crippen LogP contribution in [0.4, 0.5) is 5.69 Å². The molecule has 0 bridgehead atoms. The lowest BCUT2D eigenvalue weighted by Gasteiger charge is -2.04. The Balaban J connectivity index is 2.15. The fourth-order valence-electron chi connectivity index (χ4n) is 2.05. The van der Waals surface area contributed by atoms with Crippen LogP contribution in [0.1, 0.15) is 21.5 Å². The first-order valence-corrected chi connectivity index (χ1v) is 8.40. The number of amidine groups is 1. The lowest BCUT2D eigenvalue weighted by atomic mass is 10.1. The minimum Gasteiger partial charge on any atom is -0.465 e. The summed E-state index contributed by atoms with van der Waals surface area (Å²) in [4.78, 5) is 22.3. The van der Waals surface area contributed by atoms with Crippen molar-refractivity contribution in [3.8, 4) is 0 Å². The maximum absolute atomic E-state index is 11.9. The zero-order valence-corrected chi connectivity index (χ0v) is 14.7. The topological polar surface area (TPSA) is 120 Å². The van der Waals surface area contributed by atoms with E-state index < -0.39 is 10.9 Å². The van der Waals surface area contributed by atoms with Gasteiger partial charge in [0.05, 0.1) is 18.2 Å². The zero-order valence-electron chi connectivity index (χ0n) is 13.9. The van der Waals surface area contributed by atoms with Crippen molar-refractivity contribution in [3.05, 3.63) is 75.3 Å². The minimum absolute atomic E-state index is 0.186. The fourth-order valence-corrected chi connectivity index (χ4v) is 2.66. The van der Waals surface area contributed by atoms with E-state index in [0.717, 1.165) is 12.7 Å². The molecule has 0 saturated carbocycles. The fraction of sp³-hybridized carbons (Fsp3) is 0.118. The molecule has 8 nitrogen and oxygen atoms in total. The first-order valence-electron chi connectivity index (χ1n) is 7.42. The summed E-state index contributed by atoms with van der Waals surface area (Å²) in [6.45, 7) is 0. The molecular formula is C17H16N4O4S. The molecule has 0 unspecified atom stereocenters. The van der Waals surface area contributed by atoms with Crippen LogP contribution in [0.3, 0.4) is 0 Å². The van der Waals surface area contributed by atoms with Gasteiger partial charge in [0.1, 0.15) is 5.56 Å². The SMILES string of the molecule is COC(=O)c1c(C=NN=C(N)SCc2ccccc2)cccc1[N+](=O)[O-]. The predicted molar refractivity (Wildman–Crippen MR) is 101 cm³/mol. The molecule has 2 N–H and O–H groups in total. The van der Waals surface area contributed by atoms with Crippen molar-refractivity contribution in [1.82, 2.24) is 0 Å². The van der Waals surface area contributed by atoms with Crippen LogP contribution in [-0.2, 0) is 10.5 Å². The van der Waals surface area contributed by atoms with Gasteiger partial charge in [0, 0.05) is 17.4 Å². The molecule has 0 atom stereocenters. The third-order valence-electron chi connectivity index (χ3n) is 3.24. The number of methoxy groups -OCH3 is 1. The summed E-state index contributed by atoms with van der Waals surface area (Å²) in [5, 5.41) is 19.0. The summed E-state index contributed by atoms with van der Waals surface area (Å²) in [5.41, 5.74) is 6.54. The van der Waals surface area contributed by atoms with Gasteiger partial charge in [-0.25, -0.2) is 4.79 Å². The summed E-state index contributed by atoms with van der Waals surface area (Å²) >= 11 is 1.30. The van der Waals surface area contributed by atoms with Crippen molar-refractivity contribution in [2.45, 2.75) is 5.75 Å². The quantitative estimate of drug-likeness (QED) is 0.274. The van der Waals surface area contributed by atoms with Gasteiger partial charge in [-0.05, 0) is 5.56 Å². The van der Waals surface area contributed by atoms with Crippen molar-refractivity contribution in [2.75, 3.05) is 7.11 Å². The molecule has 2 rings (SSSR count). The summed E-state index contributed by atoms with van der Waals surface area (Å²) in [7, 11) is 1.15. The molecule has 0 heterocycles. The number of nitro groups is 1. The van der Waals surface area contributed by atoms with Gasteiger partial charge in [0.2, 0.25) is 0 Å². The highest BCUT2D eigenvalue weighted by Gasteiger charge is 2.23. The summed E-state index contributed by atoms with van der Waals surface area (Å²) in [5.74, 6) is -0.190. The van der Waals surface area contributed by atoms with E-state index >= 15 is 0 Å². The highest BCUT2D eigenvalue weighted by molar-refractivity contribution is 8.13. The van der Waals surface area contributed by atoms with Crippen LogP contribution in [0.15, 0.2) is 58.7 Å². The Bertz CT molecular complexity index is 853. The Kier molecular flexibility index (Phi) is 6.86. The largest absolute Gasteiger partial charge is 0.465 e. The molecule has 0 aromatic heterocycles. The van der Waals surface area contributed by atoms with Crippen LogP contribution in [0.2, 0.25) is 0 Å². The van der Waals surface area contributed by atoms with Crippen molar-refractivity contribution < 1.29 is 14.5 Å². The van der Waals surface area contributed by atoms with Crippen molar-refractivity contribution in [3.63, 3.8) is 0 Å². The Morgan fingerprint density at radius 3 is 2.65 bits per heavy atom. The van der Waals surface area contributed by atoms with Crippen LogP contribution < -0.4 is 5.73 Å². The molecule has 2 aromatic rings. The third kappa shape index (κ3) is 5.15. The van der Waals surface area contributed by atoms with Gasteiger partial charge in [-0.15, -0.1) is 5.10 Å². The zero-order chi connectivity index (χ0) is 18.9. The van der Waals surface area contributed by atoms with Gasteiger partial charge in [-0.1, -0.05) is 54.2 Å². The molecule has 9 heteroatoms. The van der Waals surface area contributed by atoms with E-state index in [2.05, 4.69) is 14.9 Å². The maximum Gasteiger partial charge on any atom is 0.345 e. The first kappa shape index (κ1) is 19.1. The summed E-state index contributed by atoms with van der Waals surface area (Å²) < 4.78 is 4.61. The first-order chi connectivity index (χ1) is 12.5. The Morgan fingerprint density at radius 2 is 2.00 bits per heavy atom. The third-order valence-corrected chi connectivity index (χ3v) is 4.10. The van der Waals surface area contributed by atoms with E-state index in [-0.39, 0.29) is 22.0 Å². The lowest BCUT2D eigenvalue weighted by molar-refractivity contribution is -0.385. The molecule has 0 spiro atoms. The number of carbonyl (C=O) groups excluding carboxylic acids is 1. The number of ether oxygens (including phenoxy) is 1. The van der Waals surface area contributed by atoms with Crippen molar-refractivity contribution >= 4 is 34.8 Å². The molecule has 134 valence electrons. The summed E-state index contributed by atoms with van der Waals surface area (Å²) in [6, 6.07) is 13.9. The molecule has 26 heavy (non-hydrogen) atoms. The number of nitrogens with two attached hydrogens (primary N) is 1. The summed E-state index contributed by atoms with van der Waals surface area (Å²) in [6.07, 6.45) is 1.23. The monoisotopic (exact) mass is 372 g/mol. The highest BCUT2D eigenvalue weighted by atomic mass is 32.2. The number of nitrogens with zero attached hydrogens (tertiary/aromatic N) is 3. The Labute approximate surface area is 153 Å². The normalized spacial score (nSPS) is 11.5. The standard InChI is InChI=1S/C17H16N4O4S/c1-25-16(22)15-13(8-5-9-14(15)21(23)24)10-19-20-17(18)26-11-12-6-3-2-4-7-12/h2-10H,11H2,1H3,(H2,18,20). The number of benzene rings is 2. The number of hydrogen-bond acceptors (Lipinski definition) is 7. The molecule has 0 aliphatic heterocycles. The maximum atomic E-state index is 11.9. The second-order valence-electron chi connectivity index (χ2n) is 4.95. The van der Waals surface area contributed by atoms with E-state index in [1.165, 1.54) is 36.2 Å². The number of rotatable bonds is 6. The molecule has 0 amide bonds. The van der Waals surface area contributed by atoms with Crippen LogP contribution >= 0.6 is 11.8 Å². The molecule has 0 aliphatic rings. The molecule has 2 aromatic carbocycles. The highest BCUT2D eigenvalue weighted by Crippen LogP contribution is 2.22. The van der Waals surface area contributed by atoms with E-state index in [4.69, 9.17) is 5.73 Å². The van der Waals surface area contributed by atoms with Crippen LogP contribution in [-0.4, -0.2) is 29.4 Å². The Morgan fingerprint density at radius 1 is 1.27 bits per heavy atom. The number of carbonyl (C=O) groups is 1. The van der Waals surface area contributed by atoms with Gasteiger partial charge >= 0.3 is 5.97 Å². The number of hydrogen-bond donors (Lipinski definition) is 1. The molecular weight excluding hydrogens is 356 g/mol. The second-order valence-corrected chi connectivity index (χ2v) is 5.94. The molecule has 0 saturated heterocycles. The van der Waals surface area contributed by atoms with Crippen LogP contribution in [0.25, 0.3) is 0 Å². The van der Waals surface area contributed by atoms with E-state index in [1.54, 1.807) is 0 Å². The predicted octanol–water partition coefficient (Wildman–Crippen LogP) is 2.96. The molecule has 0 aliphatic carbocycles. The van der Waals surface area contributed by atoms with Gasteiger partial charge in [0.25, 0.3) is 5.69 Å². The van der Waals surface area contributed by atoms with Gasteiger partial charge in [-0.3, -0.25) is 10.1 Å². The number of nitro benzene ring substituents is 1. The van der Waals surface area contributed by atoms with Gasteiger partial charge < -0.3 is 10.5 Å². The second kappa shape index (κ2) is 9.33. The van der Waals surface area contributed by atoms with E-state index in [0.29, 0.717) is 5.75 Å². The molecule has 0 fully saturated rings. The van der Waals surface area contributed by atoms with Gasteiger partial charge in [0.15, 0.2) is 5.17 Å². The number of thioether (sulfide) groups is 1. The minimum atomic E-state index is -0.825. The van der Waals surface area contributed by atoms with Crippen molar-refractivity contribution in [1.29, 1.82) is 0 Å². The average molecular weight is 372 g/mol. The molecule has 0 radical (unpaired) electrons. The smallest absolute Gasteiger partial charge is 0.345 e. The Hall–Kier alpha value is -3.20.